The van der Waals surface area contributed by atoms with Crippen LogP contribution in [0.25, 0.3) is 0 Å². The second kappa shape index (κ2) is 26.1. The van der Waals surface area contributed by atoms with Gasteiger partial charge in [-0.3, -0.25) is 43.1 Å². The van der Waals surface area contributed by atoms with Crippen LogP contribution in [-0.2, 0) is 94.6 Å². The molecule has 10 rings (SSSR count). The number of sulfone groups is 2. The normalized spacial score (nSPS) is 13.7. The monoisotopic (exact) mass is 1330 g/mol. The van der Waals surface area contributed by atoms with E-state index < -0.39 is 109 Å². The molecule has 7 heterocycles. The molecule has 464 valence electrons. The van der Waals surface area contributed by atoms with E-state index in [1.807, 2.05) is 4.72 Å². The van der Waals surface area contributed by atoms with Gasteiger partial charge in [-0.25, -0.2) is 39.9 Å². The molecule has 0 spiro atoms. The highest BCUT2D eigenvalue weighted by atomic mass is 32.2. The number of aromatic nitrogens is 4. The number of hydrogen-bond acceptors (Lipinski definition) is 26. The largest absolute Gasteiger partial charge is 0.496 e. The van der Waals surface area contributed by atoms with Gasteiger partial charge in [-0.15, -0.1) is 22.7 Å². The number of primary amides is 2. The summed E-state index contributed by atoms with van der Waals surface area (Å²) >= 11 is 1.90. The third-order valence-electron chi connectivity index (χ3n) is 12.6. The minimum Gasteiger partial charge on any atom is -0.496 e. The number of sulfonamides is 2. The van der Waals surface area contributed by atoms with Crippen molar-refractivity contribution in [2.24, 2.45) is 11.5 Å². The zero-order valence-electron chi connectivity index (χ0n) is 45.6. The van der Waals surface area contributed by atoms with E-state index in [2.05, 4.69) is 40.8 Å². The molecule has 0 aliphatic carbocycles. The number of thiazole rings is 2. The fourth-order valence-corrected chi connectivity index (χ4v) is 15.5. The number of nitrogens with zero attached hydrogens (tertiary/aromatic N) is 3. The third kappa shape index (κ3) is 13.9. The number of amides is 6. The summed E-state index contributed by atoms with van der Waals surface area (Å²) < 4.78 is 130. The van der Waals surface area contributed by atoms with Gasteiger partial charge in [-0.05, 0) is 48.7 Å². The smallest absolute Gasteiger partial charge is 0.298 e. The summed E-state index contributed by atoms with van der Waals surface area (Å²) in [5, 5.41) is 13.4. The number of aromatic amines is 1. The summed E-state index contributed by atoms with van der Waals surface area (Å²) in [6.07, 6.45) is 5.41. The lowest BCUT2D eigenvalue weighted by atomic mass is 9.97. The number of rotatable bonds is 23. The number of anilines is 3. The van der Waals surface area contributed by atoms with Crippen molar-refractivity contribution in [3.8, 4) is 23.0 Å². The van der Waals surface area contributed by atoms with Gasteiger partial charge in [-0.1, -0.05) is 5.16 Å². The Kier molecular flexibility index (Phi) is 19.1. The van der Waals surface area contributed by atoms with E-state index in [4.69, 9.17) is 34.9 Å². The average Bonchev–Trinajstić information content (AvgIpc) is 1.99. The number of carbonyl (C=O) groups is 8. The van der Waals surface area contributed by atoms with Crippen LogP contribution in [0.5, 0.6) is 23.0 Å². The lowest BCUT2D eigenvalue weighted by Gasteiger charge is -2.17. The summed E-state index contributed by atoms with van der Waals surface area (Å²) in [6.45, 7) is -0.305. The Morgan fingerprint density at radius 1 is 0.693 bits per heavy atom. The number of fused-ring (bicyclic) bond motifs is 3. The van der Waals surface area contributed by atoms with Gasteiger partial charge in [0.2, 0.25) is 40.2 Å². The van der Waals surface area contributed by atoms with Crippen molar-refractivity contribution in [1.29, 1.82) is 0 Å². The number of Topliss-reactive ketones (excluding diaryl/α,β-unsaturated/α-hetero) is 2. The Hall–Kier alpha value is -9.63. The fourth-order valence-electron chi connectivity index (χ4n) is 8.81. The van der Waals surface area contributed by atoms with Gasteiger partial charge in [0, 0.05) is 70.6 Å². The molecule has 0 saturated heterocycles. The van der Waals surface area contributed by atoms with E-state index in [0.717, 1.165) is 46.7 Å². The predicted molar refractivity (Wildman–Crippen MR) is 306 cm³/mol. The highest BCUT2D eigenvalue weighted by Gasteiger charge is 2.40. The van der Waals surface area contributed by atoms with E-state index >= 15 is 0 Å². The molecular formula is C50H47N11O21S6. The molecule has 3 aromatic carbocycles. The molecule has 4 aromatic heterocycles. The lowest BCUT2D eigenvalue weighted by Crippen LogP contribution is -2.23. The molecule has 0 unspecified atom stereocenters. The van der Waals surface area contributed by atoms with Gasteiger partial charge in [0.15, 0.2) is 18.1 Å². The molecule has 6 amide bonds. The van der Waals surface area contributed by atoms with Crippen molar-refractivity contribution in [3.05, 3.63) is 117 Å². The second-order valence-corrected chi connectivity index (χ2v) is 27.7. The third-order valence-corrected chi connectivity index (χ3v) is 21.0. The minimum absolute atomic E-state index is 0.0315. The molecule has 0 bridgehead atoms. The summed E-state index contributed by atoms with van der Waals surface area (Å²) in [6, 6.07) is 8.24. The molecule has 0 radical (unpaired) electrons. The van der Waals surface area contributed by atoms with Crippen LogP contribution in [-0.4, -0.2) is 129 Å². The van der Waals surface area contributed by atoms with Gasteiger partial charge < -0.3 is 55.9 Å². The van der Waals surface area contributed by atoms with Crippen LogP contribution in [0, 0.1) is 0 Å². The van der Waals surface area contributed by atoms with E-state index in [9.17, 15) is 72.0 Å². The van der Waals surface area contributed by atoms with E-state index in [1.54, 1.807) is 18.3 Å². The quantitative estimate of drug-likeness (QED) is 0.0418. The van der Waals surface area contributed by atoms with Crippen LogP contribution in [0.3, 0.4) is 0 Å². The molecular weight excluding hydrogens is 1280 g/mol. The Morgan fingerprint density at radius 3 is 1.80 bits per heavy atom. The van der Waals surface area contributed by atoms with Crippen LogP contribution in [0.1, 0.15) is 71.9 Å². The Balaban J connectivity index is 0.000000173. The maximum atomic E-state index is 12.7. The first kappa shape index (κ1) is 64.4. The van der Waals surface area contributed by atoms with E-state index in [0.29, 0.717) is 5.56 Å². The highest BCUT2D eigenvalue weighted by molar-refractivity contribution is 7.93. The molecule has 0 fully saturated rings. The van der Waals surface area contributed by atoms with E-state index in [1.165, 1.54) is 56.6 Å². The van der Waals surface area contributed by atoms with Crippen molar-refractivity contribution in [2.45, 2.75) is 62.4 Å². The van der Waals surface area contributed by atoms with E-state index in [-0.39, 0.29) is 120 Å². The second-order valence-electron chi connectivity index (χ2n) is 18.3. The van der Waals surface area contributed by atoms with Crippen LogP contribution in [0.15, 0.2) is 95.1 Å². The number of benzene rings is 3. The topological polar surface area (TPSA) is 490 Å². The number of ketones is 2. The van der Waals surface area contributed by atoms with Crippen LogP contribution in [0.2, 0.25) is 0 Å². The zero-order valence-corrected chi connectivity index (χ0v) is 50.5. The van der Waals surface area contributed by atoms with Crippen LogP contribution >= 0.6 is 22.7 Å². The van der Waals surface area contributed by atoms with Crippen LogP contribution < -0.4 is 55.8 Å². The summed E-state index contributed by atoms with van der Waals surface area (Å²) in [5.41, 5.74) is 11.6. The van der Waals surface area contributed by atoms with Gasteiger partial charge >= 0.3 is 0 Å². The summed E-state index contributed by atoms with van der Waals surface area (Å²) in [5.74, 6) is -7.23. The number of nitrogens with one attached hydrogen (secondary N) is 6. The van der Waals surface area contributed by atoms with Gasteiger partial charge in [-0.2, -0.15) is 8.42 Å². The van der Waals surface area contributed by atoms with Crippen molar-refractivity contribution in [3.63, 3.8) is 0 Å². The van der Waals surface area contributed by atoms with Crippen LogP contribution in [0.4, 0.5) is 17.1 Å². The number of hydrogen-bond donors (Lipinski definition) is 8. The molecule has 3 aliphatic rings. The number of nitrogens with two attached hydrogens (primary N) is 2. The fraction of sp³-hybridized carbons (Fsp3) is 0.220. The molecule has 88 heavy (non-hydrogen) atoms. The standard InChI is InChI=1S/C19H19N5O8S2.C16H15N3O6S2.C15H13N3O7S2/c1-31-18-12(4-5-15(25)21-10-11-3-2-7-20-11)13(23-34(29,30)16-6-8-22-32-16)9-14-17(18)19(26)24-33(14,27)28;1-25-14-9(2-3-11(17)20)8(6-10-12(14)19-15(22)13(10)21)7-27(23,24)16-18-4-5-26-16;1-24-13-10-8(11(20)14(21)18-10)4-7(12(13)25-5-9(16)19)6-27(22,23)15-17-2-3-26-15/h2-3,6-9,20,23H,4-5,10H2,1H3,(H,21,25)(H,24,26);4-6H,2-3,7H2,1H3,(H2,17,20)(H,19,21,22);2-4H,5-6H2,1H3,(H2,16,19)(H,18,20,21). The number of ether oxygens (including phenoxy) is 4. The summed E-state index contributed by atoms with van der Waals surface area (Å²) in [7, 11) is -12.4. The van der Waals surface area contributed by atoms with Gasteiger partial charge in [0.1, 0.15) is 22.0 Å². The zero-order chi connectivity index (χ0) is 64.0. The molecule has 0 atom stereocenters. The average molecular weight is 1330 g/mol. The number of H-pyrrole nitrogens is 1. The van der Waals surface area contributed by atoms with Gasteiger partial charge in [0.05, 0.1) is 73.8 Å². The minimum atomic E-state index is -4.30. The van der Waals surface area contributed by atoms with Crippen molar-refractivity contribution >= 4 is 126 Å². The maximum Gasteiger partial charge on any atom is 0.298 e. The summed E-state index contributed by atoms with van der Waals surface area (Å²) in [4.78, 5) is 105. The molecule has 7 aromatic rings. The first-order chi connectivity index (χ1) is 41.6. The Labute approximate surface area is 506 Å². The predicted octanol–water partition coefficient (Wildman–Crippen LogP) is 1.30. The number of methoxy groups -OCH3 is 3. The molecule has 32 nitrogen and oxygen atoms in total. The van der Waals surface area contributed by atoms with Crippen molar-refractivity contribution in [2.75, 3.05) is 43.3 Å². The molecule has 38 heteroatoms. The number of carbonyl (C=O) groups excluding carboxylic acids is 8. The Bertz CT molecular complexity index is 4250. The SMILES string of the molecule is COc1c(CCC(=O)NCc2ccc[nH]2)c(NS(=O)(=O)c2ccno2)cc2c1C(=O)NS2(=O)=O.COc1c(CCC(N)=O)c(CS(=O)(=O)c2nccs2)cc2c1NC(=O)C2=O.COc1c2c(cc(CS(=O)(=O)c3nccs3)c1OCC(N)=O)C(=O)C(=O)N2. The first-order valence-electron chi connectivity index (χ1n) is 24.9. The first-order valence-corrected chi connectivity index (χ1v) is 32.9. The maximum absolute atomic E-state index is 12.7. The highest BCUT2D eigenvalue weighted by Crippen LogP contribution is 2.46. The lowest BCUT2D eigenvalue weighted by molar-refractivity contribution is -0.121. The van der Waals surface area contributed by atoms with Crippen molar-refractivity contribution < 1.29 is 95.5 Å². The molecule has 3 aliphatic heterocycles. The Morgan fingerprint density at radius 2 is 1.27 bits per heavy atom. The molecule has 10 N–H and O–H groups in total. The van der Waals surface area contributed by atoms with Crippen molar-refractivity contribution in [1.82, 2.24) is 30.1 Å². The molecule has 0 saturated carbocycles. The van der Waals surface area contributed by atoms with Gasteiger partial charge in [0.25, 0.3) is 60.3 Å².